The molecule has 0 spiro atoms. The molecule has 2 atom stereocenters. The highest BCUT2D eigenvalue weighted by Gasteiger charge is 2.10. The van der Waals surface area contributed by atoms with Gasteiger partial charge in [-0.15, -0.1) is 0 Å². The fourth-order valence-corrected chi connectivity index (χ4v) is 2.23. The summed E-state index contributed by atoms with van der Waals surface area (Å²) in [5.74, 6) is 0. The molecule has 90 valence electrons. The summed E-state index contributed by atoms with van der Waals surface area (Å²) in [6.45, 7) is 4.93. The number of rotatable bonds is 5. The molecule has 0 saturated heterocycles. The molecule has 16 heavy (non-hydrogen) atoms. The van der Waals surface area contributed by atoms with E-state index in [1.807, 2.05) is 25.1 Å². The van der Waals surface area contributed by atoms with Crippen molar-refractivity contribution in [2.24, 2.45) is 0 Å². The lowest BCUT2D eigenvalue weighted by atomic mass is 10.1. The van der Waals surface area contributed by atoms with Crippen molar-refractivity contribution < 1.29 is 4.74 Å². The summed E-state index contributed by atoms with van der Waals surface area (Å²) in [5.41, 5.74) is 1.10. The number of nitrogens with one attached hydrogen (secondary N) is 1. The van der Waals surface area contributed by atoms with E-state index in [2.05, 4.69) is 28.2 Å². The third-order valence-electron chi connectivity index (χ3n) is 2.54. The minimum atomic E-state index is 0.205. The third kappa shape index (κ3) is 4.06. The van der Waals surface area contributed by atoms with Gasteiger partial charge in [-0.25, -0.2) is 0 Å². The van der Waals surface area contributed by atoms with E-state index in [1.54, 1.807) is 7.11 Å². The van der Waals surface area contributed by atoms with Crippen LogP contribution in [0.3, 0.4) is 0 Å². The van der Waals surface area contributed by atoms with E-state index in [9.17, 15) is 0 Å². The Bertz CT molecular complexity index is 346. The summed E-state index contributed by atoms with van der Waals surface area (Å²) in [5, 5.41) is 4.16. The van der Waals surface area contributed by atoms with Crippen molar-refractivity contribution in [1.29, 1.82) is 0 Å². The second-order valence-corrected chi connectivity index (χ2v) is 5.16. The number of methoxy groups -OCH3 is 1. The molecular formula is C12H17BrClNO. The van der Waals surface area contributed by atoms with E-state index in [4.69, 9.17) is 16.3 Å². The topological polar surface area (TPSA) is 21.3 Å². The van der Waals surface area contributed by atoms with Crippen LogP contribution in [0.15, 0.2) is 22.7 Å². The molecule has 0 aromatic heterocycles. The van der Waals surface area contributed by atoms with Gasteiger partial charge in [-0.1, -0.05) is 33.6 Å². The van der Waals surface area contributed by atoms with Crippen molar-refractivity contribution in [2.75, 3.05) is 13.7 Å². The molecular weight excluding hydrogens is 289 g/mol. The Morgan fingerprint density at radius 2 is 2.12 bits per heavy atom. The van der Waals surface area contributed by atoms with Crippen LogP contribution in [0.2, 0.25) is 5.02 Å². The first-order valence-corrected chi connectivity index (χ1v) is 6.42. The van der Waals surface area contributed by atoms with Gasteiger partial charge in [-0.2, -0.15) is 0 Å². The van der Waals surface area contributed by atoms with Crippen molar-refractivity contribution in [3.63, 3.8) is 0 Å². The zero-order valence-electron chi connectivity index (χ0n) is 9.76. The highest BCUT2D eigenvalue weighted by atomic mass is 79.9. The summed E-state index contributed by atoms with van der Waals surface area (Å²) in [4.78, 5) is 0. The lowest BCUT2D eigenvalue weighted by Crippen LogP contribution is -2.28. The fraction of sp³-hybridized carbons (Fsp3) is 0.500. The molecule has 0 heterocycles. The van der Waals surface area contributed by atoms with Crippen LogP contribution in [-0.2, 0) is 4.74 Å². The molecule has 1 aromatic rings. The molecule has 0 fully saturated rings. The standard InChI is InChI=1S/C12H17BrClNO/c1-8(16-3)7-15-9(2)11-5-4-10(13)6-12(11)14/h4-6,8-9,15H,7H2,1-3H3. The minimum Gasteiger partial charge on any atom is -0.380 e. The Balaban J connectivity index is 2.62. The monoisotopic (exact) mass is 305 g/mol. The van der Waals surface area contributed by atoms with Crippen molar-refractivity contribution in [3.8, 4) is 0 Å². The maximum Gasteiger partial charge on any atom is 0.0667 e. The van der Waals surface area contributed by atoms with Crippen LogP contribution in [0.5, 0.6) is 0 Å². The largest absolute Gasteiger partial charge is 0.380 e. The summed E-state index contributed by atoms with van der Waals surface area (Å²) in [6.07, 6.45) is 0.205. The molecule has 2 unspecified atom stereocenters. The summed E-state index contributed by atoms with van der Waals surface area (Å²) in [7, 11) is 1.71. The number of ether oxygens (including phenoxy) is 1. The summed E-state index contributed by atoms with van der Waals surface area (Å²) >= 11 is 9.57. The zero-order valence-corrected chi connectivity index (χ0v) is 12.1. The predicted octanol–water partition coefficient (Wildman–Crippen LogP) is 3.79. The number of hydrogen-bond donors (Lipinski definition) is 1. The second-order valence-electron chi connectivity index (χ2n) is 3.84. The quantitative estimate of drug-likeness (QED) is 0.893. The van der Waals surface area contributed by atoms with Crippen LogP contribution in [0.1, 0.15) is 25.5 Å². The van der Waals surface area contributed by atoms with Crippen LogP contribution in [-0.4, -0.2) is 19.8 Å². The Labute approximate surface area is 110 Å². The minimum absolute atomic E-state index is 0.205. The lowest BCUT2D eigenvalue weighted by Gasteiger charge is -2.18. The molecule has 0 aliphatic rings. The molecule has 2 nitrogen and oxygen atoms in total. The number of benzene rings is 1. The van der Waals surface area contributed by atoms with Crippen molar-refractivity contribution in [1.82, 2.24) is 5.32 Å². The highest BCUT2D eigenvalue weighted by molar-refractivity contribution is 9.10. The predicted molar refractivity (Wildman–Crippen MR) is 72.0 cm³/mol. The van der Waals surface area contributed by atoms with Crippen molar-refractivity contribution >= 4 is 27.5 Å². The molecule has 0 radical (unpaired) electrons. The molecule has 1 rings (SSSR count). The van der Waals surface area contributed by atoms with Crippen LogP contribution in [0, 0.1) is 0 Å². The van der Waals surface area contributed by atoms with Crippen LogP contribution >= 0.6 is 27.5 Å². The molecule has 4 heteroatoms. The first-order valence-electron chi connectivity index (χ1n) is 5.25. The smallest absolute Gasteiger partial charge is 0.0667 e. The van der Waals surface area contributed by atoms with Crippen LogP contribution in [0.4, 0.5) is 0 Å². The Kier molecular flexibility index (Phi) is 5.76. The molecule has 0 aliphatic carbocycles. The maximum absolute atomic E-state index is 6.17. The Morgan fingerprint density at radius 3 is 2.69 bits per heavy atom. The Hall–Kier alpha value is -0.0900. The molecule has 0 bridgehead atoms. The summed E-state index contributed by atoms with van der Waals surface area (Å²) in [6, 6.07) is 6.16. The second kappa shape index (κ2) is 6.60. The van der Waals surface area contributed by atoms with E-state index in [0.717, 1.165) is 21.6 Å². The molecule has 0 aliphatic heterocycles. The fourth-order valence-electron chi connectivity index (χ4n) is 1.39. The van der Waals surface area contributed by atoms with E-state index < -0.39 is 0 Å². The van der Waals surface area contributed by atoms with E-state index in [-0.39, 0.29) is 12.1 Å². The van der Waals surface area contributed by atoms with Gasteiger partial charge in [0.15, 0.2) is 0 Å². The Morgan fingerprint density at radius 1 is 1.44 bits per heavy atom. The first-order chi connectivity index (χ1) is 7.54. The average molecular weight is 307 g/mol. The van der Waals surface area contributed by atoms with Gasteiger partial charge in [0.2, 0.25) is 0 Å². The van der Waals surface area contributed by atoms with Gasteiger partial charge in [0.05, 0.1) is 6.10 Å². The SMILES string of the molecule is COC(C)CNC(C)c1ccc(Br)cc1Cl. The number of halogens is 2. The third-order valence-corrected chi connectivity index (χ3v) is 3.36. The molecule has 1 aromatic carbocycles. The maximum atomic E-state index is 6.17. The van der Waals surface area contributed by atoms with Gasteiger partial charge >= 0.3 is 0 Å². The molecule has 1 N–H and O–H groups in total. The van der Waals surface area contributed by atoms with Gasteiger partial charge in [-0.05, 0) is 31.5 Å². The van der Waals surface area contributed by atoms with E-state index >= 15 is 0 Å². The van der Waals surface area contributed by atoms with Crippen molar-refractivity contribution in [2.45, 2.75) is 26.0 Å². The highest BCUT2D eigenvalue weighted by Crippen LogP contribution is 2.26. The van der Waals surface area contributed by atoms with Crippen LogP contribution in [0.25, 0.3) is 0 Å². The van der Waals surface area contributed by atoms with Gasteiger partial charge in [0.1, 0.15) is 0 Å². The van der Waals surface area contributed by atoms with Gasteiger partial charge in [-0.3, -0.25) is 0 Å². The van der Waals surface area contributed by atoms with Crippen molar-refractivity contribution in [3.05, 3.63) is 33.3 Å². The van der Waals surface area contributed by atoms with E-state index in [1.165, 1.54) is 0 Å². The van der Waals surface area contributed by atoms with Gasteiger partial charge in [0.25, 0.3) is 0 Å². The van der Waals surface area contributed by atoms with E-state index in [0.29, 0.717) is 0 Å². The normalized spacial score (nSPS) is 14.8. The lowest BCUT2D eigenvalue weighted by molar-refractivity contribution is 0.115. The van der Waals surface area contributed by atoms with Crippen LogP contribution < -0.4 is 5.32 Å². The molecule has 0 saturated carbocycles. The first kappa shape index (κ1) is 14.0. The van der Waals surface area contributed by atoms with Gasteiger partial charge in [0, 0.05) is 29.2 Å². The summed E-state index contributed by atoms with van der Waals surface area (Å²) < 4.78 is 6.18. The number of hydrogen-bond acceptors (Lipinski definition) is 2. The van der Waals surface area contributed by atoms with Gasteiger partial charge < -0.3 is 10.1 Å². The zero-order chi connectivity index (χ0) is 12.1. The average Bonchev–Trinajstić information content (AvgIpc) is 2.25. The molecule has 0 amide bonds.